The van der Waals surface area contributed by atoms with Gasteiger partial charge in [0.15, 0.2) is 0 Å². The maximum Gasteiger partial charge on any atom is 0.312 e. The highest BCUT2D eigenvalue weighted by molar-refractivity contribution is 5.86. The van der Waals surface area contributed by atoms with E-state index < -0.39 is 0 Å². The molecule has 16 heavy (non-hydrogen) atoms. The predicted octanol–water partition coefficient (Wildman–Crippen LogP) is 1.24. The number of ether oxygens (including phenoxy) is 1. The van der Waals surface area contributed by atoms with Crippen LogP contribution in [0.15, 0.2) is 18.7 Å². The lowest BCUT2D eigenvalue weighted by Crippen LogP contribution is -2.12. The first-order valence-electron chi connectivity index (χ1n) is 4.98. The van der Waals surface area contributed by atoms with Crippen LogP contribution in [0.2, 0.25) is 0 Å². The summed E-state index contributed by atoms with van der Waals surface area (Å²) in [5.74, 6) is -0.605. The first kappa shape index (κ1) is 10.6. The van der Waals surface area contributed by atoms with E-state index in [1.807, 2.05) is 11.6 Å². The molecule has 0 N–H and O–H groups in total. The summed E-state index contributed by atoms with van der Waals surface area (Å²) in [4.78, 5) is 19.8. The van der Waals surface area contributed by atoms with Crippen molar-refractivity contribution in [1.82, 2.24) is 14.5 Å². The van der Waals surface area contributed by atoms with Gasteiger partial charge in [-0.1, -0.05) is 0 Å². The van der Waals surface area contributed by atoms with Crippen LogP contribution in [0.5, 0.6) is 0 Å². The molecule has 5 nitrogen and oxygen atoms in total. The number of pyridine rings is 1. The van der Waals surface area contributed by atoms with Gasteiger partial charge in [-0.05, 0) is 6.92 Å². The molecule has 0 amide bonds. The van der Waals surface area contributed by atoms with E-state index in [0.29, 0.717) is 0 Å². The van der Waals surface area contributed by atoms with Gasteiger partial charge in [0.05, 0.1) is 31.1 Å². The van der Waals surface area contributed by atoms with Crippen molar-refractivity contribution in [2.45, 2.75) is 12.8 Å². The third kappa shape index (κ3) is 1.54. The number of hydrogen-bond donors (Lipinski definition) is 0. The second-order valence-corrected chi connectivity index (χ2v) is 3.70. The molecule has 5 heteroatoms. The standard InChI is InChI=1S/C11H13N3O2/c1-7(11(15)16-3)8-4-12-5-9-10(8)14(2)6-13-9/h4-7H,1-3H3. The predicted molar refractivity (Wildman–Crippen MR) is 58.9 cm³/mol. The van der Waals surface area contributed by atoms with Crippen LogP contribution < -0.4 is 0 Å². The molecule has 0 aliphatic carbocycles. The maximum absolute atomic E-state index is 11.5. The third-order valence-corrected chi connectivity index (χ3v) is 2.67. The van der Waals surface area contributed by atoms with Gasteiger partial charge < -0.3 is 9.30 Å². The SMILES string of the molecule is COC(=O)C(C)c1cncc2ncn(C)c12. The number of aromatic nitrogens is 3. The highest BCUT2D eigenvalue weighted by Gasteiger charge is 2.20. The fraction of sp³-hybridized carbons (Fsp3) is 0.364. The average molecular weight is 219 g/mol. The van der Waals surface area contributed by atoms with E-state index >= 15 is 0 Å². The van der Waals surface area contributed by atoms with E-state index in [1.54, 1.807) is 25.6 Å². The van der Waals surface area contributed by atoms with Crippen molar-refractivity contribution in [3.8, 4) is 0 Å². The van der Waals surface area contributed by atoms with Crippen LogP contribution in [0.3, 0.4) is 0 Å². The summed E-state index contributed by atoms with van der Waals surface area (Å²) in [7, 11) is 3.28. The molecule has 2 aromatic rings. The summed E-state index contributed by atoms with van der Waals surface area (Å²) in [6.07, 6.45) is 5.08. The first-order chi connectivity index (χ1) is 7.65. The molecule has 1 unspecified atom stereocenters. The fourth-order valence-corrected chi connectivity index (χ4v) is 1.76. The summed E-state index contributed by atoms with van der Waals surface area (Å²) in [6.45, 7) is 1.80. The molecule has 1 atom stereocenters. The number of hydrogen-bond acceptors (Lipinski definition) is 4. The Morgan fingerprint density at radius 3 is 2.94 bits per heavy atom. The van der Waals surface area contributed by atoms with E-state index in [1.165, 1.54) is 7.11 Å². The number of fused-ring (bicyclic) bond motifs is 1. The number of methoxy groups -OCH3 is 1. The van der Waals surface area contributed by atoms with E-state index in [4.69, 9.17) is 4.74 Å². The molecule has 2 aromatic heterocycles. The Bertz CT molecular complexity index is 533. The van der Waals surface area contributed by atoms with Gasteiger partial charge in [-0.15, -0.1) is 0 Å². The molecular formula is C11H13N3O2. The van der Waals surface area contributed by atoms with Gasteiger partial charge in [0.1, 0.15) is 5.52 Å². The zero-order chi connectivity index (χ0) is 11.7. The number of imidazole rings is 1. The van der Waals surface area contributed by atoms with Crippen molar-refractivity contribution in [2.75, 3.05) is 7.11 Å². The molecule has 0 saturated carbocycles. The normalized spacial score (nSPS) is 12.7. The number of esters is 1. The van der Waals surface area contributed by atoms with Crippen molar-refractivity contribution in [3.05, 3.63) is 24.3 Å². The maximum atomic E-state index is 11.5. The van der Waals surface area contributed by atoms with Gasteiger partial charge >= 0.3 is 5.97 Å². The average Bonchev–Trinajstić information content (AvgIpc) is 2.69. The van der Waals surface area contributed by atoms with Crippen molar-refractivity contribution in [2.24, 2.45) is 7.05 Å². The fourth-order valence-electron chi connectivity index (χ4n) is 1.76. The Balaban J connectivity index is 2.59. The zero-order valence-electron chi connectivity index (χ0n) is 9.47. The van der Waals surface area contributed by atoms with Gasteiger partial charge in [0.2, 0.25) is 0 Å². The topological polar surface area (TPSA) is 57.0 Å². The molecule has 0 aliphatic rings. The summed E-state index contributed by atoms with van der Waals surface area (Å²) >= 11 is 0. The van der Waals surface area contributed by atoms with Crippen molar-refractivity contribution in [1.29, 1.82) is 0 Å². The van der Waals surface area contributed by atoms with Crippen LogP contribution in [-0.2, 0) is 16.6 Å². The summed E-state index contributed by atoms with van der Waals surface area (Å²) in [5.41, 5.74) is 2.55. The van der Waals surface area contributed by atoms with Crippen LogP contribution in [0.1, 0.15) is 18.4 Å². The number of carbonyl (C=O) groups is 1. The van der Waals surface area contributed by atoms with Crippen LogP contribution >= 0.6 is 0 Å². The molecule has 0 aromatic carbocycles. The number of nitrogens with zero attached hydrogens (tertiary/aromatic N) is 3. The summed E-state index contributed by atoms with van der Waals surface area (Å²) in [5, 5.41) is 0. The molecule has 0 radical (unpaired) electrons. The van der Waals surface area contributed by atoms with Gasteiger partial charge in [0, 0.05) is 18.8 Å². The lowest BCUT2D eigenvalue weighted by molar-refractivity contribution is -0.141. The molecule has 0 spiro atoms. The lowest BCUT2D eigenvalue weighted by Gasteiger charge is -2.10. The van der Waals surface area contributed by atoms with Crippen molar-refractivity contribution in [3.63, 3.8) is 0 Å². The lowest BCUT2D eigenvalue weighted by atomic mass is 10.0. The number of rotatable bonds is 2. The van der Waals surface area contributed by atoms with Gasteiger partial charge in [0.25, 0.3) is 0 Å². The second kappa shape index (κ2) is 3.92. The minimum Gasteiger partial charge on any atom is -0.469 e. The molecular weight excluding hydrogens is 206 g/mol. The number of carbonyl (C=O) groups excluding carboxylic acids is 1. The van der Waals surface area contributed by atoms with Gasteiger partial charge in [-0.3, -0.25) is 9.78 Å². The molecule has 2 heterocycles. The highest BCUT2D eigenvalue weighted by atomic mass is 16.5. The smallest absolute Gasteiger partial charge is 0.312 e. The molecule has 0 saturated heterocycles. The molecule has 0 fully saturated rings. The van der Waals surface area contributed by atoms with E-state index in [-0.39, 0.29) is 11.9 Å². The van der Waals surface area contributed by atoms with Gasteiger partial charge in [-0.25, -0.2) is 4.98 Å². The summed E-state index contributed by atoms with van der Waals surface area (Å²) < 4.78 is 6.62. The second-order valence-electron chi connectivity index (χ2n) is 3.70. The first-order valence-corrected chi connectivity index (χ1v) is 4.98. The van der Waals surface area contributed by atoms with E-state index in [2.05, 4.69) is 9.97 Å². The molecule has 0 aliphatic heterocycles. The Kier molecular flexibility index (Phi) is 2.60. The minimum atomic E-state index is -0.336. The molecule has 84 valence electrons. The largest absolute Gasteiger partial charge is 0.469 e. The van der Waals surface area contributed by atoms with E-state index in [9.17, 15) is 4.79 Å². The Hall–Kier alpha value is -1.91. The quantitative estimate of drug-likeness (QED) is 0.713. The monoisotopic (exact) mass is 219 g/mol. The highest BCUT2D eigenvalue weighted by Crippen LogP contribution is 2.24. The van der Waals surface area contributed by atoms with Crippen LogP contribution in [-0.4, -0.2) is 27.6 Å². The third-order valence-electron chi connectivity index (χ3n) is 2.67. The summed E-state index contributed by atoms with van der Waals surface area (Å²) in [6, 6.07) is 0. The zero-order valence-corrected chi connectivity index (χ0v) is 9.47. The minimum absolute atomic E-state index is 0.268. The Morgan fingerprint density at radius 1 is 1.50 bits per heavy atom. The molecule has 0 bridgehead atoms. The van der Waals surface area contributed by atoms with Crippen LogP contribution in [0.4, 0.5) is 0 Å². The van der Waals surface area contributed by atoms with Crippen molar-refractivity contribution >= 4 is 17.0 Å². The van der Waals surface area contributed by atoms with Crippen molar-refractivity contribution < 1.29 is 9.53 Å². The van der Waals surface area contributed by atoms with Crippen LogP contribution in [0, 0.1) is 0 Å². The van der Waals surface area contributed by atoms with Crippen LogP contribution in [0.25, 0.3) is 11.0 Å². The Morgan fingerprint density at radius 2 is 2.25 bits per heavy atom. The number of aryl methyl sites for hydroxylation is 1. The van der Waals surface area contributed by atoms with E-state index in [0.717, 1.165) is 16.6 Å². The van der Waals surface area contributed by atoms with Gasteiger partial charge in [-0.2, -0.15) is 0 Å². The Labute approximate surface area is 93.1 Å². The molecule has 2 rings (SSSR count).